The number of ether oxygens (including phenoxy) is 1. The monoisotopic (exact) mass is 468 g/mol. The van der Waals surface area contributed by atoms with Crippen molar-refractivity contribution >= 4 is 29.1 Å². The Hall–Kier alpha value is -3.13. The van der Waals surface area contributed by atoms with Crippen molar-refractivity contribution in [2.24, 2.45) is 0 Å². The molecular weight excluding hydrogens is 435 g/mol. The zero-order chi connectivity index (χ0) is 24.6. The summed E-state index contributed by atoms with van der Waals surface area (Å²) in [5.41, 5.74) is 2.51. The normalized spacial score (nSPS) is 18.3. The second-order valence-electron chi connectivity index (χ2n) is 10.2. The molecule has 0 aromatic heterocycles. The molecule has 1 N–H and O–H groups in total. The predicted molar refractivity (Wildman–Crippen MR) is 132 cm³/mol. The van der Waals surface area contributed by atoms with Gasteiger partial charge in [-0.05, 0) is 89.7 Å². The lowest BCUT2D eigenvalue weighted by atomic mass is 9.97. The number of carbonyl (C=O) groups is 2. The van der Waals surface area contributed by atoms with Gasteiger partial charge in [-0.1, -0.05) is 0 Å². The maximum atomic E-state index is 15.1. The number of amides is 2. The largest absolute Gasteiger partial charge is 0.444 e. The van der Waals surface area contributed by atoms with Gasteiger partial charge < -0.3 is 19.4 Å². The van der Waals surface area contributed by atoms with E-state index in [0.29, 0.717) is 41.6 Å². The fourth-order valence-electron chi connectivity index (χ4n) is 4.54. The second-order valence-corrected chi connectivity index (χ2v) is 10.2. The van der Waals surface area contributed by atoms with Crippen molar-refractivity contribution in [1.82, 2.24) is 4.90 Å². The Labute approximate surface area is 200 Å². The number of anilines is 3. The van der Waals surface area contributed by atoms with E-state index >= 15 is 4.39 Å². The van der Waals surface area contributed by atoms with Crippen molar-refractivity contribution < 1.29 is 18.7 Å². The molecule has 0 unspecified atom stereocenters. The standard InChI is InChI=1S/C26H33FN4O3/c1-26(2,3)34-25(33)28-18-6-8-21-17(14-18)10-13-31(24(21)32)19-7-9-23(22(27)15-19)30-12-11-20(16-30)29(4)5/h6-9,14-15,20H,10-13,16H2,1-5H3,(H,28,33)/t20-/m1/s1. The molecule has 2 amide bonds. The van der Waals surface area contributed by atoms with E-state index in [1.165, 1.54) is 6.07 Å². The number of rotatable bonds is 4. The minimum Gasteiger partial charge on any atom is -0.444 e. The third-order valence-corrected chi connectivity index (χ3v) is 6.31. The van der Waals surface area contributed by atoms with Crippen LogP contribution in [0.5, 0.6) is 0 Å². The number of nitrogens with zero attached hydrogens (tertiary/aromatic N) is 3. The Morgan fingerprint density at radius 2 is 1.91 bits per heavy atom. The molecule has 2 aliphatic heterocycles. The highest BCUT2D eigenvalue weighted by atomic mass is 19.1. The molecule has 2 heterocycles. The topological polar surface area (TPSA) is 65.1 Å². The molecule has 182 valence electrons. The van der Waals surface area contributed by atoms with E-state index in [4.69, 9.17) is 4.74 Å². The lowest BCUT2D eigenvalue weighted by Crippen LogP contribution is -2.38. The lowest BCUT2D eigenvalue weighted by molar-refractivity contribution is 0.0636. The van der Waals surface area contributed by atoms with Gasteiger partial charge in [-0.15, -0.1) is 0 Å². The van der Waals surface area contributed by atoms with Crippen molar-refractivity contribution in [3.63, 3.8) is 0 Å². The zero-order valence-electron chi connectivity index (χ0n) is 20.5. The van der Waals surface area contributed by atoms with Crippen LogP contribution in [-0.4, -0.2) is 62.3 Å². The van der Waals surface area contributed by atoms with E-state index in [-0.39, 0.29) is 11.7 Å². The molecule has 2 aromatic carbocycles. The van der Waals surface area contributed by atoms with Crippen molar-refractivity contribution in [2.45, 2.75) is 45.3 Å². The maximum Gasteiger partial charge on any atom is 0.412 e. The van der Waals surface area contributed by atoms with Crippen molar-refractivity contribution in [3.8, 4) is 0 Å². The third-order valence-electron chi connectivity index (χ3n) is 6.31. The molecule has 1 atom stereocenters. The van der Waals surface area contributed by atoms with Gasteiger partial charge in [-0.25, -0.2) is 9.18 Å². The van der Waals surface area contributed by atoms with E-state index in [1.807, 2.05) is 20.2 Å². The first-order valence-electron chi connectivity index (χ1n) is 11.7. The molecule has 34 heavy (non-hydrogen) atoms. The lowest BCUT2D eigenvalue weighted by Gasteiger charge is -2.30. The summed E-state index contributed by atoms with van der Waals surface area (Å²) in [6, 6.07) is 10.7. The minimum atomic E-state index is -0.595. The fraction of sp³-hybridized carbons (Fsp3) is 0.462. The summed E-state index contributed by atoms with van der Waals surface area (Å²) in [5.74, 6) is -0.488. The van der Waals surface area contributed by atoms with Crippen molar-refractivity contribution in [2.75, 3.05) is 48.8 Å². The van der Waals surface area contributed by atoms with Gasteiger partial charge in [0.2, 0.25) is 0 Å². The van der Waals surface area contributed by atoms with Gasteiger partial charge in [0.05, 0.1) is 5.69 Å². The number of benzene rings is 2. The summed E-state index contributed by atoms with van der Waals surface area (Å²) in [6.45, 7) is 7.44. The van der Waals surface area contributed by atoms with Crippen LogP contribution in [0.2, 0.25) is 0 Å². The molecule has 1 fully saturated rings. The quantitative estimate of drug-likeness (QED) is 0.715. The van der Waals surface area contributed by atoms with E-state index in [1.54, 1.807) is 49.9 Å². The zero-order valence-corrected chi connectivity index (χ0v) is 20.5. The summed E-state index contributed by atoms with van der Waals surface area (Å²) < 4.78 is 20.3. The number of hydrogen-bond donors (Lipinski definition) is 1. The number of carbonyl (C=O) groups excluding carboxylic acids is 2. The Kier molecular flexibility index (Phi) is 6.53. The average molecular weight is 469 g/mol. The molecule has 8 heteroatoms. The average Bonchev–Trinajstić information content (AvgIpc) is 3.23. The predicted octanol–water partition coefficient (Wildman–Crippen LogP) is 4.52. The van der Waals surface area contributed by atoms with Crippen LogP contribution < -0.4 is 15.1 Å². The van der Waals surface area contributed by atoms with Crippen molar-refractivity contribution in [1.29, 1.82) is 0 Å². The van der Waals surface area contributed by atoms with Crippen LogP contribution >= 0.6 is 0 Å². The van der Waals surface area contributed by atoms with Gasteiger partial charge in [0.15, 0.2) is 0 Å². The highest BCUT2D eigenvalue weighted by Gasteiger charge is 2.29. The number of fused-ring (bicyclic) bond motifs is 1. The first-order valence-corrected chi connectivity index (χ1v) is 11.7. The Balaban J connectivity index is 1.47. The summed E-state index contributed by atoms with van der Waals surface area (Å²) >= 11 is 0. The van der Waals surface area contributed by atoms with Gasteiger partial charge in [-0.2, -0.15) is 0 Å². The first-order chi connectivity index (χ1) is 16.0. The number of likely N-dealkylation sites (N-methyl/N-ethyl adjacent to an activating group) is 1. The Morgan fingerprint density at radius 3 is 2.56 bits per heavy atom. The SMILES string of the molecule is CN(C)[C@@H]1CCN(c2ccc(N3CCc4cc(NC(=O)OC(C)(C)C)ccc4C3=O)cc2F)C1. The first kappa shape index (κ1) is 24.0. The minimum absolute atomic E-state index is 0.175. The van der Waals surface area contributed by atoms with Gasteiger partial charge in [0.25, 0.3) is 5.91 Å². The van der Waals surface area contributed by atoms with Crippen LogP contribution in [0.25, 0.3) is 0 Å². The van der Waals surface area contributed by atoms with Gasteiger partial charge >= 0.3 is 6.09 Å². The molecule has 2 aromatic rings. The summed E-state index contributed by atoms with van der Waals surface area (Å²) in [7, 11) is 4.09. The molecule has 0 spiro atoms. The fourth-order valence-corrected chi connectivity index (χ4v) is 4.54. The summed E-state index contributed by atoms with van der Waals surface area (Å²) in [6.07, 6.45) is 1.06. The van der Waals surface area contributed by atoms with E-state index in [2.05, 4.69) is 15.1 Å². The Bertz CT molecular complexity index is 1100. The molecule has 0 saturated carbocycles. The molecule has 2 aliphatic rings. The third kappa shape index (κ3) is 5.17. The highest BCUT2D eigenvalue weighted by molar-refractivity contribution is 6.08. The van der Waals surface area contributed by atoms with Gasteiger partial charge in [0, 0.05) is 42.6 Å². The van der Waals surface area contributed by atoms with E-state index in [0.717, 1.165) is 25.1 Å². The van der Waals surface area contributed by atoms with Crippen LogP contribution in [0.4, 0.5) is 26.2 Å². The summed E-state index contributed by atoms with van der Waals surface area (Å²) in [4.78, 5) is 31.1. The number of hydrogen-bond acceptors (Lipinski definition) is 5. The molecule has 0 bridgehead atoms. The Morgan fingerprint density at radius 1 is 1.15 bits per heavy atom. The number of nitrogens with one attached hydrogen (secondary N) is 1. The molecule has 0 aliphatic carbocycles. The van der Waals surface area contributed by atoms with Gasteiger partial charge in [0.1, 0.15) is 11.4 Å². The van der Waals surface area contributed by atoms with Gasteiger partial charge in [-0.3, -0.25) is 10.1 Å². The maximum absolute atomic E-state index is 15.1. The second kappa shape index (κ2) is 9.25. The van der Waals surface area contributed by atoms with Crippen molar-refractivity contribution in [3.05, 3.63) is 53.3 Å². The molecule has 0 radical (unpaired) electrons. The summed E-state index contributed by atoms with van der Waals surface area (Å²) in [5, 5.41) is 2.71. The van der Waals surface area contributed by atoms with Crippen LogP contribution in [0.3, 0.4) is 0 Å². The molecule has 7 nitrogen and oxygen atoms in total. The highest BCUT2D eigenvalue weighted by Crippen LogP contribution is 2.31. The molecular formula is C26H33FN4O3. The number of halogens is 1. The van der Waals surface area contributed by atoms with Crippen LogP contribution in [0.15, 0.2) is 36.4 Å². The van der Waals surface area contributed by atoms with Crippen LogP contribution in [0, 0.1) is 5.82 Å². The van der Waals surface area contributed by atoms with E-state index < -0.39 is 11.7 Å². The molecule has 1 saturated heterocycles. The van der Waals surface area contributed by atoms with E-state index in [9.17, 15) is 9.59 Å². The van der Waals surface area contributed by atoms with Crippen LogP contribution in [-0.2, 0) is 11.2 Å². The molecule has 4 rings (SSSR count). The van der Waals surface area contributed by atoms with Crippen LogP contribution in [0.1, 0.15) is 43.1 Å². The smallest absolute Gasteiger partial charge is 0.412 e.